The highest BCUT2D eigenvalue weighted by molar-refractivity contribution is 6.36. The second kappa shape index (κ2) is 28.0. The molecule has 3 aliphatic heterocycles. The number of allylic oxidation sites excluding steroid dienone is 6. The first kappa shape index (κ1) is 62.7. The van der Waals surface area contributed by atoms with E-state index in [2.05, 4.69) is 0 Å². The number of fused-ring (bicyclic) bond motifs is 3. The lowest BCUT2D eigenvalue weighted by Crippen LogP contribution is -2.68. The SMILES string of the molecule is CO[C@H]1CC2CC[C@@H](C)[C@@](O)(O2)C(=O)C(=O)[N+]2(O)CCCC[C@H]2C(=O)O[C@H]([C@H](C)C[C@@H]2CC[C@@H](OC(=O)C(C)(CO)CO)[C@H](OC)C2)CC(=O)[C@H](C)C=C(C)C(O)[C@@H](OC)C(=O)[C@H](C)C[C@H](C)C=CC=CC=C1C. The van der Waals surface area contributed by atoms with Crippen molar-refractivity contribution in [2.75, 3.05) is 41.1 Å². The number of carbonyl (C=O) groups excluding carboxylic acids is 6. The van der Waals surface area contributed by atoms with Crippen LogP contribution in [-0.4, -0.2) is 161 Å². The summed E-state index contributed by atoms with van der Waals surface area (Å²) >= 11 is 0. The van der Waals surface area contributed by atoms with Gasteiger partial charge in [-0.3, -0.25) is 19.2 Å². The minimum absolute atomic E-state index is 0.0230. The minimum Gasteiger partial charge on any atom is -0.459 e. The van der Waals surface area contributed by atoms with Crippen LogP contribution in [0, 0.1) is 40.9 Å². The van der Waals surface area contributed by atoms with E-state index < -0.39 is 125 Å². The number of esters is 2. The lowest BCUT2D eigenvalue weighted by atomic mass is 9.78. The van der Waals surface area contributed by atoms with Gasteiger partial charge < -0.3 is 48.8 Å². The number of methoxy groups -OCH3 is 3. The van der Waals surface area contributed by atoms with Crippen LogP contribution < -0.4 is 0 Å². The molecule has 1 amide bonds. The third-order valence-electron chi connectivity index (χ3n) is 16.2. The molecule has 18 heteroatoms. The van der Waals surface area contributed by atoms with Gasteiger partial charge in [0.25, 0.3) is 0 Å². The van der Waals surface area contributed by atoms with Gasteiger partial charge in [-0.05, 0) is 101 Å². The van der Waals surface area contributed by atoms with Crippen LogP contribution in [0.25, 0.3) is 0 Å². The molecule has 16 atom stereocenters. The molecule has 2 bridgehead atoms. The topological polar surface area (TPSA) is 259 Å². The Morgan fingerprint density at radius 3 is 2.19 bits per heavy atom. The Balaban J connectivity index is 1.72. The van der Waals surface area contributed by atoms with Crippen LogP contribution >= 0.6 is 0 Å². The highest BCUT2D eigenvalue weighted by Gasteiger charge is 2.61. The highest BCUT2D eigenvalue weighted by atomic mass is 16.6. The van der Waals surface area contributed by atoms with Gasteiger partial charge in [0.1, 0.15) is 42.2 Å². The molecule has 2 saturated heterocycles. The van der Waals surface area contributed by atoms with Gasteiger partial charge >= 0.3 is 23.6 Å². The number of aliphatic hydroxyl groups is 4. The molecule has 0 aromatic heterocycles. The van der Waals surface area contributed by atoms with Crippen LogP contribution in [0.1, 0.15) is 132 Å². The summed E-state index contributed by atoms with van der Waals surface area (Å²) in [6.07, 6.45) is 8.21. The van der Waals surface area contributed by atoms with E-state index in [9.17, 15) is 54.4 Å². The summed E-state index contributed by atoms with van der Waals surface area (Å²) in [6, 6.07) is -1.59. The second-order valence-electron chi connectivity index (χ2n) is 22.2. The lowest BCUT2D eigenvalue weighted by Gasteiger charge is -2.43. The number of carbonyl (C=O) groups is 6. The van der Waals surface area contributed by atoms with Gasteiger partial charge in [0, 0.05) is 64.8 Å². The molecule has 0 radical (unpaired) electrons. The molecule has 18 nitrogen and oxygen atoms in total. The molecule has 74 heavy (non-hydrogen) atoms. The average molecular weight is 1050 g/mol. The average Bonchev–Trinajstić information content (AvgIpc) is 3.37. The first-order chi connectivity index (χ1) is 34.8. The van der Waals surface area contributed by atoms with Crippen LogP contribution in [0.2, 0.25) is 0 Å². The fourth-order valence-corrected chi connectivity index (χ4v) is 10.9. The monoisotopic (exact) mass is 1050 g/mol. The molecule has 4 rings (SSSR count). The summed E-state index contributed by atoms with van der Waals surface area (Å²) in [5.41, 5.74) is -0.364. The van der Waals surface area contributed by atoms with Crippen LogP contribution in [-0.2, 0) is 57.2 Å². The predicted octanol–water partition coefficient (Wildman–Crippen LogP) is 5.63. The maximum absolute atomic E-state index is 14.6. The number of ketones is 3. The first-order valence-electron chi connectivity index (χ1n) is 26.6. The second-order valence-corrected chi connectivity index (χ2v) is 22.2. The van der Waals surface area contributed by atoms with E-state index in [0.717, 1.165) is 5.57 Å². The number of aliphatic hydroxyl groups excluding tert-OH is 3. The minimum atomic E-state index is -2.63. The molecule has 0 spiro atoms. The van der Waals surface area contributed by atoms with Gasteiger partial charge in [0.05, 0.1) is 31.5 Å². The van der Waals surface area contributed by atoms with Crippen molar-refractivity contribution in [2.24, 2.45) is 40.9 Å². The zero-order valence-electron chi connectivity index (χ0n) is 45.7. The molecule has 418 valence electrons. The Bertz CT molecular complexity index is 2060. The molecule has 3 heterocycles. The summed E-state index contributed by atoms with van der Waals surface area (Å²) in [7, 11) is 4.37. The Hall–Kier alpha value is -3.82. The van der Waals surface area contributed by atoms with Crippen molar-refractivity contribution in [2.45, 2.75) is 187 Å². The Labute approximate surface area is 438 Å². The number of Topliss-reactive ketones (excluding diaryl/α,β-unsaturated/α-hetero) is 3. The molecule has 1 aliphatic carbocycles. The molecule has 0 aromatic carbocycles. The smallest absolute Gasteiger partial charge is 0.420 e. The van der Waals surface area contributed by atoms with Crippen molar-refractivity contribution in [1.29, 1.82) is 0 Å². The van der Waals surface area contributed by atoms with Crippen molar-refractivity contribution >= 4 is 35.2 Å². The largest absolute Gasteiger partial charge is 0.459 e. The molecule has 0 aromatic rings. The number of piperidine rings is 1. The quantitative estimate of drug-likeness (QED) is 0.0584. The third kappa shape index (κ3) is 15.4. The number of hydroxylamine groups is 3. The Morgan fingerprint density at radius 2 is 1.55 bits per heavy atom. The van der Waals surface area contributed by atoms with E-state index in [0.29, 0.717) is 56.9 Å². The number of hydrogen-bond acceptors (Lipinski definition) is 17. The van der Waals surface area contributed by atoms with Crippen LogP contribution in [0.5, 0.6) is 0 Å². The van der Waals surface area contributed by atoms with Crippen molar-refractivity contribution < 1.29 is 87.5 Å². The number of cyclic esters (lactones) is 1. The van der Waals surface area contributed by atoms with Gasteiger partial charge in [-0.2, -0.15) is 0 Å². The standard InChI is InChI=1S/C56H88NO17/c1-33-17-13-12-14-18-34(2)45(69-9)29-41-22-20-39(7)56(67,74-41)51(63)52(64)57(68)24-16-15-19-42(57)53(65)72-46(30-43(60)35(3)26-38(6)49(62)50(71-11)48(61)37(5)25-33)36(4)27-40-21-23-44(47(28-40)70-10)73-54(66)55(8,31-58)32-59/h12-14,17-18,26,33,35-37,39-42,44-47,49-50,58-59,62,67-68H,15-16,19-25,27-32H2,1-11H3/q+1/t33-,35-,36-,37-,39-,40+,41?,42+,44-,45+,46+,47-,49?,50+,56-,57?/m1/s1. The maximum atomic E-state index is 14.6. The van der Waals surface area contributed by atoms with Gasteiger partial charge in [-0.1, -0.05) is 71.1 Å². The van der Waals surface area contributed by atoms with Gasteiger partial charge in [-0.25, -0.2) is 14.8 Å². The van der Waals surface area contributed by atoms with Gasteiger partial charge in [-0.15, -0.1) is 4.65 Å². The summed E-state index contributed by atoms with van der Waals surface area (Å²) in [4.78, 5) is 84.5. The predicted molar refractivity (Wildman–Crippen MR) is 271 cm³/mol. The van der Waals surface area contributed by atoms with E-state index in [1.54, 1.807) is 33.8 Å². The van der Waals surface area contributed by atoms with E-state index in [-0.39, 0.29) is 55.6 Å². The van der Waals surface area contributed by atoms with Crippen LogP contribution in [0.4, 0.5) is 0 Å². The summed E-state index contributed by atoms with van der Waals surface area (Å²) in [6.45, 7) is 12.1. The summed E-state index contributed by atoms with van der Waals surface area (Å²) in [5, 5.41) is 55.4. The first-order valence-corrected chi connectivity index (χ1v) is 26.6. The van der Waals surface area contributed by atoms with E-state index in [4.69, 9.17) is 28.4 Å². The molecular weight excluding hydrogens is 959 g/mol. The lowest BCUT2D eigenvalue weighted by molar-refractivity contribution is -1.05. The van der Waals surface area contributed by atoms with Gasteiger partial charge in [0.15, 0.2) is 5.78 Å². The van der Waals surface area contributed by atoms with Crippen molar-refractivity contribution in [3.63, 3.8) is 0 Å². The number of amides is 1. The van der Waals surface area contributed by atoms with Gasteiger partial charge in [0.2, 0.25) is 11.8 Å². The van der Waals surface area contributed by atoms with Crippen LogP contribution in [0.3, 0.4) is 0 Å². The zero-order valence-corrected chi connectivity index (χ0v) is 45.7. The molecule has 3 fully saturated rings. The number of hydrogen-bond donors (Lipinski definition) is 5. The Kier molecular flexibility index (Phi) is 23.7. The van der Waals surface area contributed by atoms with Crippen molar-refractivity contribution in [1.82, 2.24) is 0 Å². The molecule has 4 aliphatic rings. The Morgan fingerprint density at radius 1 is 0.865 bits per heavy atom. The maximum Gasteiger partial charge on any atom is 0.420 e. The van der Waals surface area contributed by atoms with Crippen molar-refractivity contribution in [3.05, 3.63) is 47.6 Å². The summed E-state index contributed by atoms with van der Waals surface area (Å²) in [5.74, 6) is -10.7. The number of nitrogens with zero attached hydrogens (tertiary/aromatic N) is 1. The summed E-state index contributed by atoms with van der Waals surface area (Å²) < 4.78 is 33.6. The van der Waals surface area contributed by atoms with E-state index >= 15 is 0 Å². The zero-order chi connectivity index (χ0) is 55.3. The fraction of sp³-hybridized carbons (Fsp3) is 0.750. The number of ether oxygens (including phenoxy) is 6. The molecule has 1 saturated carbocycles. The molecule has 5 N–H and O–H groups in total. The number of rotatable bonds is 10. The van der Waals surface area contributed by atoms with Crippen LogP contribution in [0.15, 0.2) is 47.6 Å². The highest BCUT2D eigenvalue weighted by Crippen LogP contribution is 2.39. The fourth-order valence-electron chi connectivity index (χ4n) is 10.9. The molecular formula is C56H88NO17+. The number of quaternary nitrogens is 1. The van der Waals surface area contributed by atoms with E-state index in [1.165, 1.54) is 28.3 Å². The van der Waals surface area contributed by atoms with E-state index in [1.807, 2.05) is 51.2 Å². The molecule has 3 unspecified atom stereocenters. The third-order valence-corrected chi connectivity index (χ3v) is 16.2. The van der Waals surface area contributed by atoms with Crippen molar-refractivity contribution in [3.8, 4) is 0 Å². The normalized spacial score (nSPS) is 36.8.